The molecule has 0 bridgehead atoms. The number of nitrogens with two attached hydrogens (primary N) is 1. The summed E-state index contributed by atoms with van der Waals surface area (Å²) in [6, 6.07) is 0. The van der Waals surface area contributed by atoms with Crippen molar-refractivity contribution < 1.29 is 13.2 Å². The molecule has 102 valence electrons. The molecule has 4 nitrogen and oxygen atoms in total. The first-order valence-electron chi connectivity index (χ1n) is 6.42. The minimum Gasteiger partial charge on any atom is -0.373 e. The van der Waals surface area contributed by atoms with Crippen molar-refractivity contribution in [3.63, 3.8) is 0 Å². The van der Waals surface area contributed by atoms with Crippen LogP contribution in [0.5, 0.6) is 0 Å². The summed E-state index contributed by atoms with van der Waals surface area (Å²) < 4.78 is 27.9. The Morgan fingerprint density at radius 1 is 1.35 bits per heavy atom. The largest absolute Gasteiger partial charge is 0.373 e. The highest BCUT2D eigenvalue weighted by molar-refractivity contribution is 7.90. The Hall–Kier alpha value is -0.130. The van der Waals surface area contributed by atoms with E-state index in [9.17, 15) is 8.42 Å². The van der Waals surface area contributed by atoms with Crippen LogP contribution in [0.1, 0.15) is 39.0 Å². The maximum atomic E-state index is 11.1. The van der Waals surface area contributed by atoms with E-state index in [0.717, 1.165) is 31.6 Å². The highest BCUT2D eigenvalue weighted by Crippen LogP contribution is 2.35. The van der Waals surface area contributed by atoms with Crippen LogP contribution in [0.4, 0.5) is 0 Å². The average molecular weight is 263 g/mol. The molecule has 0 atom stereocenters. The molecule has 0 aromatic carbocycles. The van der Waals surface area contributed by atoms with Crippen molar-refractivity contribution in [2.45, 2.75) is 44.6 Å². The summed E-state index contributed by atoms with van der Waals surface area (Å²) in [5.41, 5.74) is 5.53. The molecule has 0 radical (unpaired) electrons. The topological polar surface area (TPSA) is 69.4 Å². The Morgan fingerprint density at radius 3 is 2.35 bits per heavy atom. The number of hydrogen-bond donors (Lipinski definition) is 1. The van der Waals surface area contributed by atoms with Crippen LogP contribution in [0.2, 0.25) is 0 Å². The van der Waals surface area contributed by atoms with E-state index in [1.54, 1.807) is 0 Å². The second-order valence-electron chi connectivity index (χ2n) is 5.22. The minimum absolute atomic E-state index is 0.0892. The van der Waals surface area contributed by atoms with E-state index in [-0.39, 0.29) is 18.0 Å². The highest BCUT2D eigenvalue weighted by Gasteiger charge is 2.34. The van der Waals surface area contributed by atoms with Crippen LogP contribution in [-0.2, 0) is 14.6 Å². The summed E-state index contributed by atoms with van der Waals surface area (Å²) in [5.74, 6) is 0.875. The zero-order valence-electron chi connectivity index (χ0n) is 10.9. The first-order chi connectivity index (χ1) is 7.91. The third-order valence-corrected chi connectivity index (χ3v) is 4.74. The van der Waals surface area contributed by atoms with E-state index in [4.69, 9.17) is 10.5 Å². The molecule has 0 aromatic rings. The van der Waals surface area contributed by atoms with Gasteiger partial charge in [0, 0.05) is 12.8 Å². The zero-order valence-corrected chi connectivity index (χ0v) is 11.8. The predicted molar refractivity (Wildman–Crippen MR) is 69.7 cm³/mol. The summed E-state index contributed by atoms with van der Waals surface area (Å²) in [5, 5.41) is 0. The molecule has 1 saturated carbocycles. The molecule has 0 saturated heterocycles. The fourth-order valence-electron chi connectivity index (χ4n) is 2.43. The molecule has 1 aliphatic carbocycles. The van der Waals surface area contributed by atoms with Gasteiger partial charge in [-0.3, -0.25) is 0 Å². The van der Waals surface area contributed by atoms with Crippen LogP contribution in [0.25, 0.3) is 0 Å². The van der Waals surface area contributed by atoms with Gasteiger partial charge in [0.1, 0.15) is 9.84 Å². The van der Waals surface area contributed by atoms with Crippen LogP contribution < -0.4 is 5.73 Å². The van der Waals surface area contributed by atoms with E-state index in [2.05, 4.69) is 6.92 Å². The molecule has 0 unspecified atom stereocenters. The summed E-state index contributed by atoms with van der Waals surface area (Å²) in [7, 11) is -2.94. The fraction of sp³-hybridized carbons (Fsp3) is 1.00. The molecule has 0 heterocycles. The van der Waals surface area contributed by atoms with Crippen LogP contribution in [0.3, 0.4) is 0 Å². The van der Waals surface area contributed by atoms with Gasteiger partial charge in [-0.05, 0) is 31.6 Å². The van der Waals surface area contributed by atoms with Gasteiger partial charge >= 0.3 is 0 Å². The third kappa shape index (κ3) is 4.94. The van der Waals surface area contributed by atoms with Crippen molar-refractivity contribution in [3.8, 4) is 0 Å². The lowest BCUT2D eigenvalue weighted by atomic mass is 9.77. The van der Waals surface area contributed by atoms with Gasteiger partial charge in [-0.1, -0.05) is 13.3 Å². The second-order valence-corrected chi connectivity index (χ2v) is 7.48. The van der Waals surface area contributed by atoms with Crippen molar-refractivity contribution >= 4 is 9.84 Å². The standard InChI is InChI=1S/C12H25NO3S/c1-3-11-4-6-12(10-13,7-5-11)16-8-9-17(2,14)15/h11H,3-10,13H2,1-2H3. The number of rotatable bonds is 6. The highest BCUT2D eigenvalue weighted by atomic mass is 32.2. The Kier molecular flexibility index (Phi) is 5.41. The van der Waals surface area contributed by atoms with Gasteiger partial charge in [0.15, 0.2) is 0 Å². The van der Waals surface area contributed by atoms with Crippen LogP contribution in [0, 0.1) is 5.92 Å². The molecular weight excluding hydrogens is 238 g/mol. The zero-order chi connectivity index (χ0) is 12.9. The van der Waals surface area contributed by atoms with Gasteiger partial charge in [0.2, 0.25) is 0 Å². The molecule has 0 spiro atoms. The van der Waals surface area contributed by atoms with Crippen LogP contribution in [-0.4, -0.2) is 39.2 Å². The Balaban J connectivity index is 2.42. The molecule has 1 rings (SSSR count). The van der Waals surface area contributed by atoms with Crippen molar-refractivity contribution in [2.24, 2.45) is 11.7 Å². The maximum Gasteiger partial charge on any atom is 0.149 e. The van der Waals surface area contributed by atoms with E-state index in [1.807, 2.05) is 0 Å². The SMILES string of the molecule is CCC1CCC(CN)(OCCS(C)(=O)=O)CC1. The smallest absolute Gasteiger partial charge is 0.149 e. The minimum atomic E-state index is -2.94. The van der Waals surface area contributed by atoms with Gasteiger partial charge in [-0.15, -0.1) is 0 Å². The molecular formula is C12H25NO3S. The number of sulfone groups is 1. The fourth-order valence-corrected chi connectivity index (χ4v) is 2.81. The maximum absolute atomic E-state index is 11.1. The molecule has 2 N–H and O–H groups in total. The van der Waals surface area contributed by atoms with Gasteiger partial charge < -0.3 is 10.5 Å². The van der Waals surface area contributed by atoms with E-state index in [1.165, 1.54) is 12.7 Å². The molecule has 5 heteroatoms. The van der Waals surface area contributed by atoms with Gasteiger partial charge in [-0.2, -0.15) is 0 Å². The Morgan fingerprint density at radius 2 is 1.94 bits per heavy atom. The molecule has 0 aliphatic heterocycles. The lowest BCUT2D eigenvalue weighted by molar-refractivity contribution is -0.0651. The summed E-state index contributed by atoms with van der Waals surface area (Å²) in [6.45, 7) is 2.98. The first-order valence-corrected chi connectivity index (χ1v) is 8.48. The van der Waals surface area contributed by atoms with Crippen molar-refractivity contribution in [1.29, 1.82) is 0 Å². The second kappa shape index (κ2) is 6.16. The lowest BCUT2D eigenvalue weighted by Gasteiger charge is -2.39. The van der Waals surface area contributed by atoms with Crippen LogP contribution >= 0.6 is 0 Å². The lowest BCUT2D eigenvalue weighted by Crippen LogP contribution is -2.44. The van der Waals surface area contributed by atoms with Gasteiger partial charge in [-0.25, -0.2) is 8.42 Å². The summed E-state index contributed by atoms with van der Waals surface area (Å²) in [6.07, 6.45) is 6.67. The van der Waals surface area contributed by atoms with Gasteiger partial charge in [0.05, 0.1) is 18.0 Å². The number of hydrogen-bond acceptors (Lipinski definition) is 4. The van der Waals surface area contributed by atoms with Crippen molar-refractivity contribution in [3.05, 3.63) is 0 Å². The summed E-state index contributed by atoms with van der Waals surface area (Å²) >= 11 is 0. The average Bonchev–Trinajstić information content (AvgIpc) is 2.28. The molecule has 0 aromatic heterocycles. The molecule has 1 fully saturated rings. The molecule has 17 heavy (non-hydrogen) atoms. The number of ether oxygens (including phenoxy) is 1. The van der Waals surface area contributed by atoms with Gasteiger partial charge in [0.25, 0.3) is 0 Å². The van der Waals surface area contributed by atoms with Crippen molar-refractivity contribution in [1.82, 2.24) is 0 Å². The van der Waals surface area contributed by atoms with E-state index in [0.29, 0.717) is 6.54 Å². The molecule has 0 amide bonds. The predicted octanol–water partition coefficient (Wildman–Crippen LogP) is 1.35. The normalized spacial score (nSPS) is 30.4. The third-order valence-electron chi connectivity index (χ3n) is 3.83. The Bertz CT molecular complexity index is 319. The van der Waals surface area contributed by atoms with E-state index >= 15 is 0 Å². The van der Waals surface area contributed by atoms with Crippen molar-refractivity contribution in [2.75, 3.05) is 25.2 Å². The van der Waals surface area contributed by atoms with Crippen LogP contribution in [0.15, 0.2) is 0 Å². The Labute approximate surface area is 105 Å². The molecule has 1 aliphatic rings. The van der Waals surface area contributed by atoms with E-state index < -0.39 is 9.84 Å². The monoisotopic (exact) mass is 263 g/mol. The quantitative estimate of drug-likeness (QED) is 0.785. The summed E-state index contributed by atoms with van der Waals surface area (Å²) in [4.78, 5) is 0. The first kappa shape index (κ1) is 14.9.